The first kappa shape index (κ1) is 20.5. The lowest BCUT2D eigenvalue weighted by molar-refractivity contribution is 0.333. The van der Waals surface area contributed by atoms with Crippen LogP contribution in [0.25, 0.3) is 16.6 Å². The lowest BCUT2D eigenvalue weighted by Crippen LogP contribution is -2.43. The number of hydrogen-bond donors (Lipinski definition) is 2. The molecule has 0 bridgehead atoms. The van der Waals surface area contributed by atoms with E-state index in [-0.39, 0.29) is 11.6 Å². The van der Waals surface area contributed by atoms with Crippen LogP contribution in [0.4, 0.5) is 5.69 Å². The Balaban J connectivity index is 1.90. The van der Waals surface area contributed by atoms with Crippen molar-refractivity contribution in [2.45, 2.75) is 25.9 Å². The fourth-order valence-electron chi connectivity index (χ4n) is 4.08. The number of amidine groups is 1. The number of nitrogens with one attached hydrogen (secondary N) is 1. The van der Waals surface area contributed by atoms with E-state index in [4.69, 9.17) is 19.9 Å². The maximum atomic E-state index is 11.3. The van der Waals surface area contributed by atoms with Gasteiger partial charge in [-0.1, -0.05) is 18.2 Å². The lowest BCUT2D eigenvalue weighted by atomic mass is 10.0. The number of ether oxygens (including phenoxy) is 2. The first-order valence-electron chi connectivity index (χ1n) is 9.96. The summed E-state index contributed by atoms with van der Waals surface area (Å²) in [7, 11) is 3.16. The zero-order valence-electron chi connectivity index (χ0n) is 18.1. The van der Waals surface area contributed by atoms with Crippen molar-refractivity contribution in [2.24, 2.45) is 0 Å². The Morgan fingerprint density at radius 2 is 1.77 bits per heavy atom. The van der Waals surface area contributed by atoms with Crippen LogP contribution in [0.3, 0.4) is 0 Å². The number of fused-ring (bicyclic) bond motifs is 1. The van der Waals surface area contributed by atoms with Gasteiger partial charge in [-0.3, -0.25) is 5.41 Å². The third-order valence-corrected chi connectivity index (χ3v) is 5.62. The maximum Gasteiger partial charge on any atom is 0.148 e. The van der Waals surface area contributed by atoms with Gasteiger partial charge >= 0.3 is 0 Å². The second kappa shape index (κ2) is 7.50. The van der Waals surface area contributed by atoms with Gasteiger partial charge in [0.2, 0.25) is 0 Å². The fraction of sp³-hybridized carbons (Fsp3) is 0.250. The molecule has 1 aromatic heterocycles. The summed E-state index contributed by atoms with van der Waals surface area (Å²) in [6, 6.07) is 13.2. The Morgan fingerprint density at radius 3 is 2.39 bits per heavy atom. The second-order valence-electron chi connectivity index (χ2n) is 7.86. The fourth-order valence-corrected chi connectivity index (χ4v) is 4.08. The van der Waals surface area contributed by atoms with E-state index < -0.39 is 5.54 Å². The van der Waals surface area contributed by atoms with Crippen molar-refractivity contribution in [1.29, 1.82) is 5.41 Å². The number of methoxy groups -OCH3 is 2. The molecule has 0 aliphatic carbocycles. The zero-order chi connectivity index (χ0) is 22.3. The van der Waals surface area contributed by atoms with Gasteiger partial charge in [0, 0.05) is 24.7 Å². The first-order valence-corrected chi connectivity index (χ1v) is 9.96. The molecule has 0 atom stereocenters. The Hall–Kier alpha value is -3.74. The highest BCUT2D eigenvalue weighted by Gasteiger charge is 2.46. The number of aromatic nitrogens is 2. The summed E-state index contributed by atoms with van der Waals surface area (Å²) < 4.78 is 12.8. The van der Waals surface area contributed by atoms with Crippen LogP contribution in [-0.2, 0) is 6.54 Å². The predicted octanol–water partition coefficient (Wildman–Crippen LogP) is 4.78. The van der Waals surface area contributed by atoms with Crippen LogP contribution >= 0.6 is 0 Å². The van der Waals surface area contributed by atoms with Crippen LogP contribution in [0.5, 0.6) is 11.5 Å². The summed E-state index contributed by atoms with van der Waals surface area (Å²) in [5.41, 5.74) is 1.92. The molecule has 0 saturated carbocycles. The number of rotatable bonds is 6. The molecule has 0 radical (unpaired) electrons. The third kappa shape index (κ3) is 3.13. The van der Waals surface area contributed by atoms with Crippen LogP contribution in [0, 0.1) is 5.41 Å². The summed E-state index contributed by atoms with van der Waals surface area (Å²) in [5, 5.41) is 20.3. The minimum Gasteiger partial charge on any atom is -0.509 e. The van der Waals surface area contributed by atoms with Crippen LogP contribution in [0.2, 0.25) is 0 Å². The number of aliphatic hydroxyl groups is 1. The number of imidazole rings is 1. The summed E-state index contributed by atoms with van der Waals surface area (Å²) in [6.45, 7) is 8.11. The van der Waals surface area contributed by atoms with E-state index in [0.717, 1.165) is 11.0 Å². The lowest BCUT2D eigenvalue weighted by Gasteiger charge is -2.33. The monoisotopic (exact) mass is 418 g/mol. The number of allylic oxidation sites excluding steroid dienone is 1. The smallest absolute Gasteiger partial charge is 0.148 e. The normalized spacial score (nSPS) is 15.6. The largest absolute Gasteiger partial charge is 0.509 e. The molecule has 0 amide bonds. The SMILES string of the molecule is C=CCn1c(C2=C(O)C(C)(C)N(c3cc(OC)cc(OC)c3)C2=N)nc2ccccc21. The number of benzene rings is 2. The Bertz CT molecular complexity index is 1200. The van der Waals surface area contributed by atoms with E-state index in [9.17, 15) is 5.11 Å². The molecule has 2 heterocycles. The number of hydrogen-bond acceptors (Lipinski definition) is 5. The van der Waals surface area contributed by atoms with Crippen molar-refractivity contribution in [3.8, 4) is 11.5 Å². The topological polar surface area (TPSA) is 83.6 Å². The maximum absolute atomic E-state index is 11.3. The Morgan fingerprint density at radius 1 is 1.13 bits per heavy atom. The summed E-state index contributed by atoms with van der Waals surface area (Å²) in [5.74, 6) is 1.97. The van der Waals surface area contributed by atoms with Gasteiger partial charge < -0.3 is 24.0 Å². The highest BCUT2D eigenvalue weighted by molar-refractivity contribution is 6.31. The summed E-state index contributed by atoms with van der Waals surface area (Å²) >= 11 is 0. The molecule has 7 heteroatoms. The van der Waals surface area contributed by atoms with E-state index in [1.807, 2.05) is 54.8 Å². The van der Waals surface area contributed by atoms with E-state index in [1.54, 1.807) is 31.3 Å². The van der Waals surface area contributed by atoms with Gasteiger partial charge in [0.1, 0.15) is 28.9 Å². The molecule has 1 aliphatic heterocycles. The van der Waals surface area contributed by atoms with Gasteiger partial charge in [-0.2, -0.15) is 0 Å². The van der Waals surface area contributed by atoms with Crippen LogP contribution in [-0.4, -0.2) is 40.3 Å². The molecule has 3 aromatic rings. The minimum atomic E-state index is -0.874. The highest BCUT2D eigenvalue weighted by atomic mass is 16.5. The number of para-hydroxylation sites is 2. The molecule has 2 aromatic carbocycles. The molecule has 2 N–H and O–H groups in total. The average molecular weight is 418 g/mol. The molecule has 1 aliphatic rings. The molecular weight excluding hydrogens is 392 g/mol. The van der Waals surface area contributed by atoms with Gasteiger partial charge in [-0.25, -0.2) is 4.98 Å². The minimum absolute atomic E-state index is 0.0832. The molecule has 0 unspecified atom stereocenters. The quantitative estimate of drug-likeness (QED) is 0.563. The Labute approximate surface area is 181 Å². The zero-order valence-corrected chi connectivity index (χ0v) is 18.1. The first-order chi connectivity index (χ1) is 14.8. The molecule has 160 valence electrons. The van der Waals surface area contributed by atoms with Crippen molar-refractivity contribution in [3.05, 3.63) is 66.7 Å². The molecule has 0 fully saturated rings. The van der Waals surface area contributed by atoms with Crippen LogP contribution in [0.1, 0.15) is 19.7 Å². The van der Waals surface area contributed by atoms with Gasteiger partial charge in [0.25, 0.3) is 0 Å². The van der Waals surface area contributed by atoms with Crippen molar-refractivity contribution < 1.29 is 14.6 Å². The number of anilines is 1. The average Bonchev–Trinajstić information content (AvgIpc) is 3.19. The van der Waals surface area contributed by atoms with Gasteiger partial charge in [0.15, 0.2) is 0 Å². The molecule has 4 rings (SSSR count). The number of nitrogens with zero attached hydrogens (tertiary/aromatic N) is 3. The third-order valence-electron chi connectivity index (χ3n) is 5.62. The van der Waals surface area contributed by atoms with E-state index >= 15 is 0 Å². The van der Waals surface area contributed by atoms with Gasteiger partial charge in [-0.15, -0.1) is 6.58 Å². The number of aliphatic hydroxyl groups excluding tert-OH is 1. The predicted molar refractivity (Wildman–Crippen MR) is 123 cm³/mol. The summed E-state index contributed by atoms with van der Waals surface area (Å²) in [6.07, 6.45) is 1.78. The van der Waals surface area contributed by atoms with E-state index in [2.05, 4.69) is 6.58 Å². The van der Waals surface area contributed by atoms with Crippen molar-refractivity contribution in [1.82, 2.24) is 9.55 Å². The van der Waals surface area contributed by atoms with Gasteiger partial charge in [0.05, 0.1) is 42.1 Å². The summed E-state index contributed by atoms with van der Waals surface area (Å²) in [4.78, 5) is 6.52. The van der Waals surface area contributed by atoms with Crippen LogP contribution in [0.15, 0.2) is 60.9 Å². The van der Waals surface area contributed by atoms with Crippen molar-refractivity contribution >= 4 is 28.1 Å². The van der Waals surface area contributed by atoms with Crippen LogP contribution < -0.4 is 14.4 Å². The van der Waals surface area contributed by atoms with Crippen molar-refractivity contribution in [2.75, 3.05) is 19.1 Å². The van der Waals surface area contributed by atoms with Crippen molar-refractivity contribution in [3.63, 3.8) is 0 Å². The molecule has 0 saturated heterocycles. The highest BCUT2D eigenvalue weighted by Crippen LogP contribution is 2.43. The molecule has 0 spiro atoms. The van der Waals surface area contributed by atoms with E-state index in [0.29, 0.717) is 35.1 Å². The Kier molecular flexibility index (Phi) is 4.97. The standard InChI is InChI=1S/C24H26N4O3/c1-6-11-27-19-10-8-7-9-18(19)26-23(27)20-21(29)24(2,3)28(22(20)25)15-12-16(30-4)14-17(13-15)31-5/h6-10,12-14,25,29H,1,11H2,2-5H3. The van der Waals surface area contributed by atoms with E-state index in [1.165, 1.54) is 0 Å². The molecular formula is C24H26N4O3. The molecule has 31 heavy (non-hydrogen) atoms. The molecule has 7 nitrogen and oxygen atoms in total. The second-order valence-corrected chi connectivity index (χ2v) is 7.86. The van der Waals surface area contributed by atoms with Gasteiger partial charge in [-0.05, 0) is 26.0 Å².